The third-order valence-corrected chi connectivity index (χ3v) is 4.74. The van der Waals surface area contributed by atoms with E-state index in [1.54, 1.807) is 10.7 Å². The van der Waals surface area contributed by atoms with E-state index in [1.165, 1.54) is 18.5 Å². The fourth-order valence-electron chi connectivity index (χ4n) is 3.08. The van der Waals surface area contributed by atoms with Crippen molar-refractivity contribution in [2.45, 2.75) is 26.3 Å². The van der Waals surface area contributed by atoms with Crippen LogP contribution in [0, 0.1) is 0 Å². The first kappa shape index (κ1) is 17.3. The maximum Gasteiger partial charge on any atom is 0.335 e. The highest BCUT2D eigenvalue weighted by Gasteiger charge is 2.26. The van der Waals surface area contributed by atoms with Crippen LogP contribution >= 0.6 is 11.6 Å². The quantitative estimate of drug-likeness (QED) is 0.484. The second-order valence-corrected chi connectivity index (χ2v) is 7.65. The number of hydrogen-bond acceptors (Lipinski definition) is 5. The molecule has 4 rings (SSSR count). The molecule has 0 spiro atoms. The Morgan fingerprint density at radius 3 is 2.70 bits per heavy atom. The molecule has 0 radical (unpaired) electrons. The SMILES string of the molecule is CC(C)(C)n1nc(-c2[nH]c3cc(C(=O)O)ccc3c2Cl)c2c(N)ncnc21. The smallest absolute Gasteiger partial charge is 0.335 e. The molecular formula is C18H17ClN6O2. The van der Waals surface area contributed by atoms with Crippen LogP contribution in [-0.2, 0) is 5.54 Å². The number of H-pyrrole nitrogens is 1. The van der Waals surface area contributed by atoms with Crippen molar-refractivity contribution in [2.24, 2.45) is 0 Å². The molecule has 138 valence electrons. The van der Waals surface area contributed by atoms with Crippen molar-refractivity contribution in [2.75, 3.05) is 5.73 Å². The van der Waals surface area contributed by atoms with Crippen LogP contribution in [0.2, 0.25) is 5.02 Å². The van der Waals surface area contributed by atoms with Crippen LogP contribution in [-0.4, -0.2) is 35.8 Å². The van der Waals surface area contributed by atoms with Gasteiger partial charge in [-0.25, -0.2) is 19.4 Å². The lowest BCUT2D eigenvalue weighted by Crippen LogP contribution is -2.23. The molecule has 3 aromatic heterocycles. The predicted molar refractivity (Wildman–Crippen MR) is 104 cm³/mol. The highest BCUT2D eigenvalue weighted by molar-refractivity contribution is 6.38. The van der Waals surface area contributed by atoms with E-state index in [0.29, 0.717) is 44.2 Å². The number of aromatic carboxylic acids is 1. The van der Waals surface area contributed by atoms with E-state index in [4.69, 9.17) is 22.4 Å². The van der Waals surface area contributed by atoms with E-state index in [1.807, 2.05) is 20.8 Å². The molecule has 0 amide bonds. The molecular weight excluding hydrogens is 368 g/mol. The Bertz CT molecular complexity index is 1220. The number of nitrogen functional groups attached to an aromatic ring is 1. The zero-order valence-corrected chi connectivity index (χ0v) is 15.7. The van der Waals surface area contributed by atoms with Gasteiger partial charge >= 0.3 is 5.97 Å². The minimum absolute atomic E-state index is 0.167. The maximum absolute atomic E-state index is 11.2. The third-order valence-electron chi connectivity index (χ3n) is 4.35. The van der Waals surface area contributed by atoms with Gasteiger partial charge in [0.05, 0.1) is 27.2 Å². The zero-order valence-electron chi connectivity index (χ0n) is 14.9. The molecule has 0 saturated carbocycles. The normalized spacial score (nSPS) is 12.1. The number of carbonyl (C=O) groups is 1. The lowest BCUT2D eigenvalue weighted by atomic mass is 10.1. The molecule has 0 aliphatic heterocycles. The van der Waals surface area contributed by atoms with Crippen LogP contribution < -0.4 is 5.73 Å². The van der Waals surface area contributed by atoms with E-state index in [-0.39, 0.29) is 11.1 Å². The summed E-state index contributed by atoms with van der Waals surface area (Å²) in [7, 11) is 0. The molecule has 0 aliphatic rings. The fraction of sp³-hybridized carbons (Fsp3) is 0.222. The van der Waals surface area contributed by atoms with E-state index in [0.717, 1.165) is 0 Å². The first-order valence-corrected chi connectivity index (χ1v) is 8.61. The van der Waals surface area contributed by atoms with E-state index >= 15 is 0 Å². The van der Waals surface area contributed by atoms with Crippen molar-refractivity contribution in [3.8, 4) is 11.4 Å². The lowest BCUT2D eigenvalue weighted by molar-refractivity contribution is 0.0697. The monoisotopic (exact) mass is 384 g/mol. The lowest BCUT2D eigenvalue weighted by Gasteiger charge is -2.19. The summed E-state index contributed by atoms with van der Waals surface area (Å²) in [6, 6.07) is 4.72. The number of halogens is 1. The summed E-state index contributed by atoms with van der Waals surface area (Å²) in [5, 5.41) is 15.7. The van der Waals surface area contributed by atoms with Gasteiger partial charge in [-0.2, -0.15) is 5.10 Å². The summed E-state index contributed by atoms with van der Waals surface area (Å²) in [6.45, 7) is 6.02. The number of nitrogens with zero attached hydrogens (tertiary/aromatic N) is 4. The third kappa shape index (κ3) is 2.60. The Morgan fingerprint density at radius 2 is 2.04 bits per heavy atom. The van der Waals surface area contributed by atoms with Crippen LogP contribution in [0.4, 0.5) is 5.82 Å². The Balaban J connectivity index is 2.05. The fourth-order valence-corrected chi connectivity index (χ4v) is 3.38. The first-order valence-electron chi connectivity index (χ1n) is 8.23. The number of aromatic nitrogens is 5. The number of benzene rings is 1. The molecule has 0 unspecified atom stereocenters. The average molecular weight is 385 g/mol. The number of carboxylic acids is 1. The second-order valence-electron chi connectivity index (χ2n) is 7.27. The van der Waals surface area contributed by atoms with E-state index in [2.05, 4.69) is 15.0 Å². The number of fused-ring (bicyclic) bond motifs is 2. The number of hydrogen-bond donors (Lipinski definition) is 3. The topological polar surface area (TPSA) is 123 Å². The molecule has 4 N–H and O–H groups in total. The summed E-state index contributed by atoms with van der Waals surface area (Å²) < 4.78 is 1.78. The summed E-state index contributed by atoms with van der Waals surface area (Å²) in [5.74, 6) is -0.712. The summed E-state index contributed by atoms with van der Waals surface area (Å²) >= 11 is 6.59. The number of nitrogens with two attached hydrogens (primary N) is 1. The van der Waals surface area contributed by atoms with E-state index in [9.17, 15) is 9.90 Å². The number of anilines is 1. The molecule has 4 aromatic rings. The van der Waals surface area contributed by atoms with Gasteiger partial charge in [-0.05, 0) is 32.9 Å². The van der Waals surface area contributed by atoms with Crippen LogP contribution in [0.3, 0.4) is 0 Å². The molecule has 0 fully saturated rings. The van der Waals surface area contributed by atoms with Crippen LogP contribution in [0.1, 0.15) is 31.1 Å². The minimum Gasteiger partial charge on any atom is -0.478 e. The molecule has 3 heterocycles. The van der Waals surface area contributed by atoms with Gasteiger partial charge in [0.15, 0.2) is 5.65 Å². The maximum atomic E-state index is 11.2. The van der Waals surface area contributed by atoms with Crippen molar-refractivity contribution in [1.82, 2.24) is 24.7 Å². The number of rotatable bonds is 2. The van der Waals surface area contributed by atoms with Crippen molar-refractivity contribution >= 4 is 45.3 Å². The number of carboxylic acid groups (broad SMARTS) is 1. The Labute approximate surface area is 159 Å². The zero-order chi connectivity index (χ0) is 19.5. The Morgan fingerprint density at radius 1 is 1.30 bits per heavy atom. The highest BCUT2D eigenvalue weighted by Crippen LogP contribution is 2.39. The van der Waals surface area contributed by atoms with Gasteiger partial charge in [-0.3, -0.25) is 0 Å². The van der Waals surface area contributed by atoms with Gasteiger partial charge in [0.1, 0.15) is 17.8 Å². The van der Waals surface area contributed by atoms with E-state index < -0.39 is 5.97 Å². The van der Waals surface area contributed by atoms with Crippen LogP contribution in [0.15, 0.2) is 24.5 Å². The molecule has 0 atom stereocenters. The molecule has 27 heavy (non-hydrogen) atoms. The van der Waals surface area contributed by atoms with Gasteiger partial charge < -0.3 is 15.8 Å². The highest BCUT2D eigenvalue weighted by atomic mass is 35.5. The molecule has 0 bridgehead atoms. The summed E-state index contributed by atoms with van der Waals surface area (Å²) in [4.78, 5) is 22.9. The van der Waals surface area contributed by atoms with Crippen molar-refractivity contribution in [3.05, 3.63) is 35.1 Å². The van der Waals surface area contributed by atoms with Crippen LogP contribution in [0.25, 0.3) is 33.3 Å². The molecule has 1 aromatic carbocycles. The Kier molecular flexibility index (Phi) is 3.64. The standard InChI is InChI=1S/C18H17ClN6O2/c1-18(2,3)25-16-11(15(20)21-7-22-16)13(24-25)14-12(19)9-5-4-8(17(26)27)6-10(9)23-14/h4-7,23H,1-3H3,(H,26,27)(H2,20,21,22). The average Bonchev–Trinajstić information content (AvgIpc) is 3.13. The van der Waals surface area contributed by atoms with Gasteiger partial charge in [0.2, 0.25) is 0 Å². The van der Waals surface area contributed by atoms with Gasteiger partial charge in [0.25, 0.3) is 0 Å². The molecule has 0 aliphatic carbocycles. The molecule has 9 heteroatoms. The van der Waals surface area contributed by atoms with Crippen molar-refractivity contribution in [1.29, 1.82) is 0 Å². The largest absolute Gasteiger partial charge is 0.478 e. The van der Waals surface area contributed by atoms with Crippen molar-refractivity contribution in [3.63, 3.8) is 0 Å². The first-order chi connectivity index (χ1) is 12.7. The second kappa shape index (κ2) is 5.68. The number of nitrogens with one attached hydrogen (secondary N) is 1. The summed E-state index contributed by atoms with van der Waals surface area (Å²) in [6.07, 6.45) is 1.40. The molecule has 8 nitrogen and oxygen atoms in total. The van der Waals surface area contributed by atoms with Crippen molar-refractivity contribution < 1.29 is 9.90 Å². The summed E-state index contributed by atoms with van der Waals surface area (Å²) in [5.41, 5.74) is 8.22. The van der Waals surface area contributed by atoms with Gasteiger partial charge in [-0.1, -0.05) is 17.7 Å². The number of aromatic amines is 1. The van der Waals surface area contributed by atoms with Gasteiger partial charge in [0, 0.05) is 10.9 Å². The van der Waals surface area contributed by atoms with Gasteiger partial charge in [-0.15, -0.1) is 0 Å². The van der Waals surface area contributed by atoms with Crippen LogP contribution in [0.5, 0.6) is 0 Å². The minimum atomic E-state index is -1.01. The molecule has 0 saturated heterocycles. The Hall–Kier alpha value is -3.13. The predicted octanol–water partition coefficient (Wildman–Crippen LogP) is 3.66.